The van der Waals surface area contributed by atoms with Crippen molar-refractivity contribution in [2.24, 2.45) is 5.14 Å². The maximum Gasteiger partial charge on any atom is 0.277 e. The van der Waals surface area contributed by atoms with Crippen molar-refractivity contribution < 1.29 is 13.2 Å². The van der Waals surface area contributed by atoms with Crippen LogP contribution in [0.2, 0.25) is 0 Å². The molecule has 110 valence electrons. The van der Waals surface area contributed by atoms with Gasteiger partial charge in [-0.25, -0.2) is 5.14 Å². The summed E-state index contributed by atoms with van der Waals surface area (Å²) < 4.78 is 23.6. The van der Waals surface area contributed by atoms with Gasteiger partial charge in [0.05, 0.1) is 5.56 Å². The van der Waals surface area contributed by atoms with Gasteiger partial charge in [0.15, 0.2) is 0 Å². The number of nitrogens with zero attached hydrogens (tertiary/aromatic N) is 2. The number of carbonyl (C=O) groups is 1. The summed E-state index contributed by atoms with van der Waals surface area (Å²) in [4.78, 5) is 14.1. The Morgan fingerprint density at radius 1 is 1.20 bits per heavy atom. The zero-order chi connectivity index (χ0) is 14.8. The first-order valence-corrected chi connectivity index (χ1v) is 7.77. The standard InChI is InChI=1S/C12H18N4O3S/c1-14-11-5-3-2-4-10(11)12(17)15-6-8-16(9-7-15)20(13,18)19/h2-5,14H,6-9H2,1H3,(H2,13,18,19). The van der Waals surface area contributed by atoms with E-state index in [1.807, 2.05) is 12.1 Å². The van der Waals surface area contributed by atoms with E-state index in [2.05, 4.69) is 5.32 Å². The summed E-state index contributed by atoms with van der Waals surface area (Å²) in [6, 6.07) is 7.23. The van der Waals surface area contributed by atoms with Crippen molar-refractivity contribution in [1.29, 1.82) is 0 Å². The number of para-hydroxylation sites is 1. The minimum atomic E-state index is -3.67. The third kappa shape index (κ3) is 3.09. The van der Waals surface area contributed by atoms with E-state index in [1.54, 1.807) is 24.1 Å². The number of nitrogens with two attached hydrogens (primary N) is 1. The van der Waals surface area contributed by atoms with Crippen LogP contribution in [0.3, 0.4) is 0 Å². The van der Waals surface area contributed by atoms with Gasteiger partial charge in [-0.3, -0.25) is 4.79 Å². The molecule has 20 heavy (non-hydrogen) atoms. The molecule has 2 rings (SSSR count). The predicted molar refractivity (Wildman–Crippen MR) is 76.6 cm³/mol. The highest BCUT2D eigenvalue weighted by atomic mass is 32.2. The minimum Gasteiger partial charge on any atom is -0.387 e. The van der Waals surface area contributed by atoms with Crippen LogP contribution in [0.15, 0.2) is 24.3 Å². The van der Waals surface area contributed by atoms with E-state index >= 15 is 0 Å². The number of carbonyl (C=O) groups excluding carboxylic acids is 1. The lowest BCUT2D eigenvalue weighted by Crippen LogP contribution is -2.52. The minimum absolute atomic E-state index is 0.107. The first kappa shape index (κ1) is 14.8. The van der Waals surface area contributed by atoms with E-state index < -0.39 is 10.2 Å². The van der Waals surface area contributed by atoms with Crippen LogP contribution in [0.1, 0.15) is 10.4 Å². The normalized spacial score (nSPS) is 17.0. The fraction of sp³-hybridized carbons (Fsp3) is 0.417. The van der Waals surface area contributed by atoms with Gasteiger partial charge in [-0.2, -0.15) is 12.7 Å². The fourth-order valence-electron chi connectivity index (χ4n) is 2.20. The Balaban J connectivity index is 2.09. The Kier molecular flexibility index (Phi) is 4.26. The van der Waals surface area contributed by atoms with Crippen LogP contribution in [0.4, 0.5) is 5.69 Å². The van der Waals surface area contributed by atoms with E-state index in [9.17, 15) is 13.2 Å². The molecule has 1 aromatic carbocycles. The molecule has 0 radical (unpaired) electrons. The predicted octanol–water partition coefficient (Wildman–Crippen LogP) is -0.310. The van der Waals surface area contributed by atoms with Crippen LogP contribution in [-0.4, -0.2) is 56.8 Å². The van der Waals surface area contributed by atoms with E-state index in [1.165, 1.54) is 4.31 Å². The molecule has 0 aromatic heterocycles. The molecule has 1 saturated heterocycles. The summed E-state index contributed by atoms with van der Waals surface area (Å²) in [5.74, 6) is -0.107. The maximum absolute atomic E-state index is 12.4. The van der Waals surface area contributed by atoms with Gasteiger partial charge in [0.25, 0.3) is 16.1 Å². The Bertz CT molecular complexity index is 594. The molecule has 0 unspecified atom stereocenters. The van der Waals surface area contributed by atoms with Crippen LogP contribution >= 0.6 is 0 Å². The van der Waals surface area contributed by atoms with Crippen LogP contribution < -0.4 is 10.5 Å². The van der Waals surface area contributed by atoms with Gasteiger partial charge in [0.2, 0.25) is 0 Å². The molecule has 1 aliphatic rings. The first-order valence-electron chi connectivity index (χ1n) is 6.27. The number of rotatable bonds is 3. The Hall–Kier alpha value is -1.64. The largest absolute Gasteiger partial charge is 0.387 e. The molecule has 1 aliphatic heterocycles. The summed E-state index contributed by atoms with van der Waals surface area (Å²) in [7, 11) is -1.91. The fourth-order valence-corrected chi connectivity index (χ4v) is 2.88. The highest BCUT2D eigenvalue weighted by Crippen LogP contribution is 2.17. The van der Waals surface area contributed by atoms with Gasteiger partial charge in [0.1, 0.15) is 0 Å². The number of hydrogen-bond acceptors (Lipinski definition) is 4. The summed E-state index contributed by atoms with van der Waals surface area (Å²) in [6.07, 6.45) is 0. The lowest BCUT2D eigenvalue weighted by Gasteiger charge is -2.33. The zero-order valence-corrected chi connectivity index (χ0v) is 12.1. The number of benzene rings is 1. The van der Waals surface area contributed by atoms with Crippen LogP contribution in [0.5, 0.6) is 0 Å². The van der Waals surface area contributed by atoms with Crippen molar-refractivity contribution >= 4 is 21.8 Å². The Morgan fingerprint density at radius 3 is 2.35 bits per heavy atom. The second-order valence-electron chi connectivity index (χ2n) is 4.53. The molecule has 1 aromatic rings. The molecule has 0 aliphatic carbocycles. The molecular formula is C12H18N4O3S. The van der Waals surface area contributed by atoms with Gasteiger partial charge < -0.3 is 10.2 Å². The topological polar surface area (TPSA) is 95.7 Å². The number of anilines is 1. The smallest absolute Gasteiger partial charge is 0.277 e. The molecule has 1 heterocycles. The second kappa shape index (κ2) is 5.78. The van der Waals surface area contributed by atoms with Crippen molar-refractivity contribution in [3.05, 3.63) is 29.8 Å². The van der Waals surface area contributed by atoms with E-state index in [-0.39, 0.29) is 19.0 Å². The summed E-state index contributed by atoms with van der Waals surface area (Å²) >= 11 is 0. The average molecular weight is 298 g/mol. The van der Waals surface area contributed by atoms with E-state index in [0.29, 0.717) is 18.7 Å². The number of hydrogen-bond donors (Lipinski definition) is 2. The highest BCUT2D eigenvalue weighted by molar-refractivity contribution is 7.86. The summed E-state index contributed by atoms with van der Waals surface area (Å²) in [5.41, 5.74) is 1.34. The molecule has 0 bridgehead atoms. The SMILES string of the molecule is CNc1ccccc1C(=O)N1CCN(S(N)(=O)=O)CC1. The van der Waals surface area contributed by atoms with Crippen LogP contribution in [0.25, 0.3) is 0 Å². The molecule has 0 saturated carbocycles. The summed E-state index contributed by atoms with van der Waals surface area (Å²) in [5, 5.41) is 8.05. The van der Waals surface area contributed by atoms with Gasteiger partial charge in [-0.1, -0.05) is 12.1 Å². The van der Waals surface area contributed by atoms with Crippen LogP contribution in [0, 0.1) is 0 Å². The van der Waals surface area contributed by atoms with Gasteiger partial charge >= 0.3 is 0 Å². The third-order valence-corrected chi connectivity index (χ3v) is 4.40. The zero-order valence-electron chi connectivity index (χ0n) is 11.2. The van der Waals surface area contributed by atoms with Gasteiger partial charge in [-0.05, 0) is 12.1 Å². The Labute approximate surface area is 118 Å². The summed E-state index contributed by atoms with van der Waals surface area (Å²) in [6.45, 7) is 1.14. The quantitative estimate of drug-likeness (QED) is 0.800. The monoisotopic (exact) mass is 298 g/mol. The first-order chi connectivity index (χ1) is 9.43. The third-order valence-electron chi connectivity index (χ3n) is 3.31. The van der Waals surface area contributed by atoms with E-state index in [4.69, 9.17) is 5.14 Å². The molecule has 1 amide bonds. The lowest BCUT2D eigenvalue weighted by atomic mass is 10.1. The molecular weight excluding hydrogens is 280 g/mol. The van der Waals surface area contributed by atoms with Crippen molar-refractivity contribution in [2.75, 3.05) is 38.5 Å². The molecule has 8 heteroatoms. The van der Waals surface area contributed by atoms with Crippen LogP contribution in [-0.2, 0) is 10.2 Å². The molecule has 3 N–H and O–H groups in total. The lowest BCUT2D eigenvalue weighted by molar-refractivity contribution is 0.0699. The van der Waals surface area contributed by atoms with Crippen molar-refractivity contribution in [2.45, 2.75) is 0 Å². The second-order valence-corrected chi connectivity index (χ2v) is 6.08. The number of amides is 1. The highest BCUT2D eigenvalue weighted by Gasteiger charge is 2.27. The van der Waals surface area contributed by atoms with Crippen molar-refractivity contribution in [1.82, 2.24) is 9.21 Å². The van der Waals surface area contributed by atoms with E-state index in [0.717, 1.165) is 5.69 Å². The molecule has 1 fully saturated rings. The average Bonchev–Trinajstić information content (AvgIpc) is 2.45. The molecule has 0 spiro atoms. The van der Waals surface area contributed by atoms with Gasteiger partial charge in [-0.15, -0.1) is 0 Å². The number of piperazine rings is 1. The van der Waals surface area contributed by atoms with Crippen molar-refractivity contribution in [3.63, 3.8) is 0 Å². The number of nitrogens with one attached hydrogen (secondary N) is 1. The molecule has 7 nitrogen and oxygen atoms in total. The Morgan fingerprint density at radius 2 is 1.80 bits per heavy atom. The maximum atomic E-state index is 12.4. The van der Waals surface area contributed by atoms with Crippen molar-refractivity contribution in [3.8, 4) is 0 Å². The molecule has 0 atom stereocenters. The van der Waals surface area contributed by atoms with Gasteiger partial charge in [0, 0.05) is 38.9 Å².